The summed E-state index contributed by atoms with van der Waals surface area (Å²) in [5.74, 6) is 0. The van der Waals surface area contributed by atoms with Gasteiger partial charge in [-0.2, -0.15) is 0 Å². The zero-order chi connectivity index (χ0) is 10.0. The van der Waals surface area contributed by atoms with Crippen molar-refractivity contribution in [2.24, 2.45) is 0 Å². The Morgan fingerprint density at radius 1 is 1.62 bits per heavy atom. The summed E-state index contributed by atoms with van der Waals surface area (Å²) in [6.45, 7) is 0. The molecule has 0 aliphatic rings. The van der Waals surface area contributed by atoms with Gasteiger partial charge in [0.1, 0.15) is 5.02 Å². The average Bonchev–Trinajstić information content (AvgIpc) is 2.08. The van der Waals surface area contributed by atoms with Crippen LogP contribution in [0.25, 0.3) is 0 Å². The normalized spacial score (nSPS) is 10.8. The van der Waals surface area contributed by atoms with Gasteiger partial charge in [-0.05, 0) is 11.6 Å². The maximum atomic E-state index is 12.3. The summed E-state index contributed by atoms with van der Waals surface area (Å²) in [4.78, 5) is 12.9. The fraction of sp³-hybridized carbons (Fsp3) is 0.286. The molecule has 2 nitrogen and oxygen atoms in total. The molecule has 72 valence electrons. The Bertz CT molecular complexity index is 366. The third-order valence-electron chi connectivity index (χ3n) is 1.47. The summed E-state index contributed by atoms with van der Waals surface area (Å²) in [5, 5.41) is 0.141. The highest BCUT2D eigenvalue weighted by Crippen LogP contribution is 2.22. The first-order valence-corrected chi connectivity index (χ1v) is 4.82. The minimum atomic E-state index is -2.70. The molecule has 0 unspecified atom stereocenters. The smallest absolute Gasteiger partial charge is 0.278 e. The van der Waals surface area contributed by atoms with Crippen LogP contribution in [0, 0.1) is 0 Å². The number of alkyl halides is 3. The van der Waals surface area contributed by atoms with Crippen molar-refractivity contribution in [1.82, 2.24) is 4.98 Å². The first-order valence-electron chi connectivity index (χ1n) is 3.32. The number of nitrogens with one attached hydrogen (secondary N) is 1. The second-order valence-electron chi connectivity index (χ2n) is 2.32. The standard InChI is InChI=1S/C7H5BrClF2NO/c8-2-3-1-4(9)7(13)12-5(3)6(10)11/h1,6H,2H2,(H,12,13). The number of aromatic nitrogens is 1. The van der Waals surface area contributed by atoms with Gasteiger partial charge in [0.25, 0.3) is 12.0 Å². The van der Waals surface area contributed by atoms with Gasteiger partial charge < -0.3 is 4.98 Å². The molecule has 6 heteroatoms. The van der Waals surface area contributed by atoms with E-state index in [1.54, 1.807) is 0 Å². The van der Waals surface area contributed by atoms with Crippen molar-refractivity contribution >= 4 is 27.5 Å². The van der Waals surface area contributed by atoms with Crippen LogP contribution in [0.3, 0.4) is 0 Å². The molecule has 13 heavy (non-hydrogen) atoms. The zero-order valence-corrected chi connectivity index (χ0v) is 8.62. The fourth-order valence-electron chi connectivity index (χ4n) is 0.864. The SMILES string of the molecule is O=c1[nH]c(C(F)F)c(CBr)cc1Cl. The Balaban J connectivity index is 3.33. The summed E-state index contributed by atoms with van der Waals surface area (Å²) in [7, 11) is 0. The quantitative estimate of drug-likeness (QED) is 0.825. The Kier molecular flexibility index (Phi) is 3.44. The van der Waals surface area contributed by atoms with E-state index < -0.39 is 12.0 Å². The van der Waals surface area contributed by atoms with Gasteiger partial charge in [0.05, 0.1) is 5.69 Å². The van der Waals surface area contributed by atoms with Gasteiger partial charge in [-0.3, -0.25) is 4.79 Å². The van der Waals surface area contributed by atoms with Crippen LogP contribution in [0.15, 0.2) is 10.9 Å². The van der Waals surface area contributed by atoms with Crippen LogP contribution in [0.4, 0.5) is 8.78 Å². The highest BCUT2D eigenvalue weighted by Gasteiger charge is 2.14. The van der Waals surface area contributed by atoms with Gasteiger partial charge in [0.2, 0.25) is 0 Å². The number of H-pyrrole nitrogens is 1. The van der Waals surface area contributed by atoms with Crippen LogP contribution in [0.2, 0.25) is 5.02 Å². The van der Waals surface area contributed by atoms with Crippen LogP contribution in [-0.4, -0.2) is 4.98 Å². The minimum Gasteiger partial charge on any atom is -0.320 e. The molecule has 0 amide bonds. The Hall–Kier alpha value is -0.420. The number of halogens is 4. The van der Waals surface area contributed by atoms with E-state index in [4.69, 9.17) is 11.6 Å². The Morgan fingerprint density at radius 2 is 2.23 bits per heavy atom. The predicted molar refractivity (Wildman–Crippen MR) is 49.7 cm³/mol. The van der Waals surface area contributed by atoms with Gasteiger partial charge in [0, 0.05) is 5.33 Å². The molecule has 0 saturated heterocycles. The number of hydrogen-bond donors (Lipinski definition) is 1. The number of hydrogen-bond acceptors (Lipinski definition) is 1. The molecule has 1 heterocycles. The van der Waals surface area contributed by atoms with Gasteiger partial charge in [-0.1, -0.05) is 27.5 Å². The molecule has 0 fully saturated rings. The molecular weight excluding hydrogens is 267 g/mol. The molecule has 0 radical (unpaired) electrons. The van der Waals surface area contributed by atoms with Crippen LogP contribution in [0.5, 0.6) is 0 Å². The first kappa shape index (κ1) is 10.7. The van der Waals surface area contributed by atoms with Crippen molar-refractivity contribution < 1.29 is 8.78 Å². The van der Waals surface area contributed by atoms with Crippen LogP contribution < -0.4 is 5.56 Å². The van der Waals surface area contributed by atoms with E-state index in [0.29, 0.717) is 5.56 Å². The van der Waals surface area contributed by atoms with E-state index in [0.717, 1.165) is 0 Å². The lowest BCUT2D eigenvalue weighted by Crippen LogP contribution is -2.12. The molecule has 0 atom stereocenters. The van der Waals surface area contributed by atoms with Crippen LogP contribution >= 0.6 is 27.5 Å². The summed E-state index contributed by atoms with van der Waals surface area (Å²) in [6, 6.07) is 1.23. The topological polar surface area (TPSA) is 32.9 Å². The highest BCUT2D eigenvalue weighted by atomic mass is 79.9. The van der Waals surface area contributed by atoms with Crippen molar-refractivity contribution in [3.05, 3.63) is 32.7 Å². The summed E-state index contributed by atoms with van der Waals surface area (Å²) in [5.41, 5.74) is -0.785. The third-order valence-corrected chi connectivity index (χ3v) is 2.36. The maximum absolute atomic E-state index is 12.3. The van der Waals surface area contributed by atoms with Crippen LogP contribution in [0.1, 0.15) is 17.7 Å². The predicted octanol–water partition coefficient (Wildman–Crippen LogP) is 2.86. The molecule has 0 aliphatic carbocycles. The molecule has 0 spiro atoms. The number of rotatable bonds is 2. The second-order valence-corrected chi connectivity index (χ2v) is 3.29. The molecule has 1 aromatic heterocycles. The molecule has 0 aromatic carbocycles. The van der Waals surface area contributed by atoms with Gasteiger partial charge in [-0.25, -0.2) is 8.78 Å². The molecule has 1 aromatic rings. The second kappa shape index (κ2) is 4.19. The monoisotopic (exact) mass is 271 g/mol. The van der Waals surface area contributed by atoms with E-state index in [2.05, 4.69) is 15.9 Å². The van der Waals surface area contributed by atoms with Gasteiger partial charge >= 0.3 is 0 Å². The van der Waals surface area contributed by atoms with Crippen molar-refractivity contribution in [2.75, 3.05) is 0 Å². The average molecular weight is 272 g/mol. The Morgan fingerprint density at radius 3 is 2.69 bits per heavy atom. The largest absolute Gasteiger partial charge is 0.320 e. The van der Waals surface area contributed by atoms with E-state index >= 15 is 0 Å². The molecule has 0 bridgehead atoms. The number of pyridine rings is 1. The third kappa shape index (κ3) is 2.28. The molecule has 0 aliphatic heterocycles. The van der Waals surface area contributed by atoms with Crippen LogP contribution in [-0.2, 0) is 5.33 Å². The molecule has 1 N–H and O–H groups in total. The first-order chi connectivity index (χ1) is 6.06. The number of aromatic amines is 1. The van der Waals surface area contributed by atoms with Gasteiger partial charge in [0.15, 0.2) is 0 Å². The van der Waals surface area contributed by atoms with E-state index in [1.807, 2.05) is 4.98 Å². The van der Waals surface area contributed by atoms with Gasteiger partial charge in [-0.15, -0.1) is 0 Å². The van der Waals surface area contributed by atoms with E-state index in [9.17, 15) is 13.6 Å². The maximum Gasteiger partial charge on any atom is 0.278 e. The molecule has 1 rings (SSSR count). The molecular formula is C7H5BrClF2NO. The van der Waals surface area contributed by atoms with Crippen molar-refractivity contribution in [3.8, 4) is 0 Å². The minimum absolute atomic E-state index is 0.0844. The summed E-state index contributed by atoms with van der Waals surface area (Å²) >= 11 is 8.48. The zero-order valence-electron chi connectivity index (χ0n) is 6.28. The fourth-order valence-corrected chi connectivity index (χ4v) is 1.51. The Labute approximate surface area is 86.0 Å². The van der Waals surface area contributed by atoms with E-state index in [1.165, 1.54) is 6.07 Å². The van der Waals surface area contributed by atoms with Crippen molar-refractivity contribution in [3.63, 3.8) is 0 Å². The lowest BCUT2D eigenvalue weighted by Gasteiger charge is -2.05. The lowest BCUT2D eigenvalue weighted by molar-refractivity contribution is 0.145. The summed E-state index contributed by atoms with van der Waals surface area (Å²) < 4.78 is 24.6. The van der Waals surface area contributed by atoms with E-state index in [-0.39, 0.29) is 16.0 Å². The molecule has 0 saturated carbocycles. The lowest BCUT2D eigenvalue weighted by atomic mass is 10.2. The van der Waals surface area contributed by atoms with Crippen molar-refractivity contribution in [2.45, 2.75) is 11.8 Å². The highest BCUT2D eigenvalue weighted by molar-refractivity contribution is 9.08. The summed E-state index contributed by atoms with van der Waals surface area (Å²) in [6.07, 6.45) is -2.70. The van der Waals surface area contributed by atoms with Crippen molar-refractivity contribution in [1.29, 1.82) is 0 Å².